The Hall–Kier alpha value is -0.700. The van der Waals surface area contributed by atoms with Crippen molar-refractivity contribution in [2.75, 3.05) is 6.61 Å². The molecule has 0 aliphatic carbocycles. The first-order valence-corrected chi connectivity index (χ1v) is 3.70. The van der Waals surface area contributed by atoms with Gasteiger partial charge in [0.05, 0.1) is 5.92 Å². The van der Waals surface area contributed by atoms with Gasteiger partial charge in [0.25, 0.3) is 0 Å². The summed E-state index contributed by atoms with van der Waals surface area (Å²) >= 11 is 0. The molecule has 0 spiro atoms. The van der Waals surface area contributed by atoms with E-state index in [-0.39, 0.29) is 24.7 Å². The third-order valence-corrected chi connectivity index (χ3v) is 1.57. The Morgan fingerprint density at radius 2 is 2.09 bits per heavy atom. The van der Waals surface area contributed by atoms with E-state index in [1.807, 2.05) is 0 Å². The van der Waals surface area contributed by atoms with E-state index in [2.05, 4.69) is 0 Å². The first kappa shape index (κ1) is 10.3. The van der Waals surface area contributed by atoms with Crippen molar-refractivity contribution >= 4 is 12.1 Å². The van der Waals surface area contributed by atoms with Crippen LogP contribution in [0.15, 0.2) is 0 Å². The van der Waals surface area contributed by atoms with Gasteiger partial charge in [-0.2, -0.15) is 0 Å². The van der Waals surface area contributed by atoms with E-state index in [1.165, 1.54) is 0 Å². The Balaban J connectivity index is 3.77. The fraction of sp³-hybridized carbons (Fsp3) is 0.750. The fourth-order valence-electron chi connectivity index (χ4n) is 0.670. The van der Waals surface area contributed by atoms with Gasteiger partial charge in [-0.25, -0.2) is 0 Å². The first-order valence-electron chi connectivity index (χ1n) is 3.70. The zero-order valence-corrected chi connectivity index (χ0v) is 6.91. The Kier molecular flexibility index (Phi) is 4.70. The van der Waals surface area contributed by atoms with Gasteiger partial charge < -0.3 is 9.90 Å². The van der Waals surface area contributed by atoms with Crippen molar-refractivity contribution < 1.29 is 14.7 Å². The normalized spacial score (nSPS) is 15.5. The highest BCUT2D eigenvalue weighted by Gasteiger charge is 2.14. The smallest absolute Gasteiger partial charge is 0.143 e. The van der Waals surface area contributed by atoms with E-state index in [1.54, 1.807) is 13.8 Å². The number of hydrogen-bond donors (Lipinski definition) is 1. The molecule has 2 atom stereocenters. The lowest BCUT2D eigenvalue weighted by Gasteiger charge is -2.07. The van der Waals surface area contributed by atoms with E-state index < -0.39 is 5.92 Å². The summed E-state index contributed by atoms with van der Waals surface area (Å²) in [4.78, 5) is 21.1. The van der Waals surface area contributed by atoms with E-state index in [0.717, 1.165) is 0 Å². The topological polar surface area (TPSA) is 54.4 Å². The van der Waals surface area contributed by atoms with Crippen LogP contribution < -0.4 is 0 Å². The number of carbonyl (C=O) groups is 2. The second-order valence-corrected chi connectivity index (χ2v) is 2.88. The molecule has 0 saturated carbocycles. The van der Waals surface area contributed by atoms with Crippen LogP contribution in [0.2, 0.25) is 0 Å². The van der Waals surface area contributed by atoms with Crippen LogP contribution >= 0.6 is 0 Å². The summed E-state index contributed by atoms with van der Waals surface area (Å²) in [6.07, 6.45) is 0.919. The molecule has 0 aliphatic heterocycles. The highest BCUT2D eigenvalue weighted by atomic mass is 16.3. The Morgan fingerprint density at radius 3 is 2.45 bits per heavy atom. The number of Topliss-reactive ketones (excluding diaryl/α,β-unsaturated/α-hetero) is 1. The molecule has 0 aromatic heterocycles. The fourth-order valence-corrected chi connectivity index (χ4v) is 0.670. The second kappa shape index (κ2) is 5.02. The van der Waals surface area contributed by atoms with Crippen molar-refractivity contribution in [3.05, 3.63) is 0 Å². The molecule has 0 saturated heterocycles. The Labute approximate surface area is 66.4 Å². The Morgan fingerprint density at radius 1 is 1.55 bits per heavy atom. The number of ketones is 1. The van der Waals surface area contributed by atoms with Gasteiger partial charge in [-0.05, 0) is 12.8 Å². The lowest BCUT2D eigenvalue weighted by molar-refractivity contribution is -0.127. The predicted molar refractivity (Wildman–Crippen MR) is 41.1 cm³/mol. The molecule has 0 fully saturated rings. The SMILES string of the molecule is CC(CO)CC(=O)[C@@H](C)C=O. The number of hydrogen-bond acceptors (Lipinski definition) is 3. The molecule has 0 amide bonds. The van der Waals surface area contributed by atoms with Crippen molar-refractivity contribution in [3.8, 4) is 0 Å². The van der Waals surface area contributed by atoms with E-state index in [4.69, 9.17) is 5.11 Å². The van der Waals surface area contributed by atoms with Crippen LogP contribution in [-0.2, 0) is 9.59 Å². The van der Waals surface area contributed by atoms with Gasteiger partial charge in [0.1, 0.15) is 12.1 Å². The second-order valence-electron chi connectivity index (χ2n) is 2.88. The number of aliphatic hydroxyl groups excluding tert-OH is 1. The molecule has 0 aromatic carbocycles. The van der Waals surface area contributed by atoms with Gasteiger partial charge in [0.2, 0.25) is 0 Å². The van der Waals surface area contributed by atoms with Gasteiger partial charge >= 0.3 is 0 Å². The molecule has 1 N–H and O–H groups in total. The summed E-state index contributed by atoms with van der Waals surface area (Å²) in [7, 11) is 0. The maximum atomic E-state index is 11.0. The highest BCUT2D eigenvalue weighted by Crippen LogP contribution is 2.05. The first-order chi connectivity index (χ1) is 5.11. The van der Waals surface area contributed by atoms with Crippen LogP contribution in [0.5, 0.6) is 0 Å². The van der Waals surface area contributed by atoms with Crippen molar-refractivity contribution in [2.45, 2.75) is 20.3 Å². The molecule has 11 heavy (non-hydrogen) atoms. The average molecular weight is 158 g/mol. The summed E-state index contributed by atoms with van der Waals surface area (Å²) in [5.41, 5.74) is 0. The average Bonchev–Trinajstić information content (AvgIpc) is 2.02. The van der Waals surface area contributed by atoms with Gasteiger partial charge in [-0.1, -0.05) is 6.92 Å². The number of aldehydes is 1. The summed E-state index contributed by atoms with van der Waals surface area (Å²) in [6, 6.07) is 0. The number of rotatable bonds is 5. The quantitative estimate of drug-likeness (QED) is 0.465. The molecule has 0 aromatic rings. The number of aliphatic hydroxyl groups is 1. The molecule has 0 rings (SSSR count). The summed E-state index contributed by atoms with van der Waals surface area (Å²) in [5.74, 6) is -0.657. The largest absolute Gasteiger partial charge is 0.396 e. The molecule has 0 heterocycles. The van der Waals surface area contributed by atoms with Crippen molar-refractivity contribution in [1.82, 2.24) is 0 Å². The van der Waals surface area contributed by atoms with Crippen LogP contribution in [0.25, 0.3) is 0 Å². The molecule has 0 radical (unpaired) electrons. The molecule has 3 nitrogen and oxygen atoms in total. The van der Waals surface area contributed by atoms with Crippen molar-refractivity contribution in [1.29, 1.82) is 0 Å². The molecule has 64 valence electrons. The third kappa shape index (κ3) is 3.88. The van der Waals surface area contributed by atoms with E-state index in [0.29, 0.717) is 6.29 Å². The standard InChI is InChI=1S/C8H14O3/c1-6(4-9)3-8(11)7(2)5-10/h5-7,9H,3-4H2,1-2H3/t6?,7-/m0/s1. The van der Waals surface area contributed by atoms with E-state index >= 15 is 0 Å². The Bertz CT molecular complexity index is 142. The van der Waals surface area contributed by atoms with E-state index in [9.17, 15) is 9.59 Å². The minimum atomic E-state index is -0.524. The lowest BCUT2D eigenvalue weighted by atomic mass is 9.98. The zero-order valence-electron chi connectivity index (χ0n) is 6.91. The van der Waals surface area contributed by atoms with Gasteiger partial charge in [-0.15, -0.1) is 0 Å². The lowest BCUT2D eigenvalue weighted by Crippen LogP contribution is -2.16. The minimum Gasteiger partial charge on any atom is -0.396 e. The van der Waals surface area contributed by atoms with Crippen molar-refractivity contribution in [3.63, 3.8) is 0 Å². The summed E-state index contributed by atoms with van der Waals surface area (Å²) in [6.45, 7) is 3.34. The van der Waals surface area contributed by atoms with Crippen LogP contribution in [-0.4, -0.2) is 23.8 Å². The summed E-state index contributed by atoms with van der Waals surface area (Å²) in [5, 5.41) is 8.60. The molecule has 0 bridgehead atoms. The van der Waals surface area contributed by atoms with Crippen LogP contribution in [0.4, 0.5) is 0 Å². The summed E-state index contributed by atoms with van der Waals surface area (Å²) < 4.78 is 0. The predicted octanol–water partition coefficient (Wildman–Crippen LogP) is 0.409. The van der Waals surface area contributed by atoms with Gasteiger partial charge in [-0.3, -0.25) is 4.79 Å². The molecular formula is C8H14O3. The van der Waals surface area contributed by atoms with Gasteiger partial charge in [0, 0.05) is 13.0 Å². The maximum absolute atomic E-state index is 11.0. The van der Waals surface area contributed by atoms with Crippen LogP contribution in [0.3, 0.4) is 0 Å². The zero-order chi connectivity index (χ0) is 8.85. The van der Waals surface area contributed by atoms with Crippen LogP contribution in [0.1, 0.15) is 20.3 Å². The van der Waals surface area contributed by atoms with Crippen LogP contribution in [0, 0.1) is 11.8 Å². The van der Waals surface area contributed by atoms with Gasteiger partial charge in [0.15, 0.2) is 0 Å². The molecule has 0 aliphatic rings. The molecular weight excluding hydrogens is 144 g/mol. The maximum Gasteiger partial charge on any atom is 0.143 e. The molecule has 1 unspecified atom stereocenters. The molecule has 3 heteroatoms. The van der Waals surface area contributed by atoms with Crippen molar-refractivity contribution in [2.24, 2.45) is 11.8 Å². The minimum absolute atomic E-state index is 0.00266. The monoisotopic (exact) mass is 158 g/mol. The highest BCUT2D eigenvalue weighted by molar-refractivity contribution is 5.92. The third-order valence-electron chi connectivity index (χ3n) is 1.57. The number of carbonyl (C=O) groups excluding carboxylic acids is 2.